The molecule has 0 aromatic carbocycles. The predicted octanol–water partition coefficient (Wildman–Crippen LogP) is 6.27. The molecular weight excluding hydrogens is 242 g/mol. The molecule has 0 aliphatic heterocycles. The molecule has 0 rings (SSSR count). The zero-order chi connectivity index (χ0) is 15.6. The van der Waals surface area contributed by atoms with E-state index in [9.17, 15) is 0 Å². The van der Waals surface area contributed by atoms with Crippen LogP contribution < -0.4 is 0 Å². The van der Waals surface area contributed by atoms with Gasteiger partial charge < -0.3 is 0 Å². The third-order valence-corrected chi connectivity index (χ3v) is 4.82. The van der Waals surface area contributed by atoms with Crippen molar-refractivity contribution in [3.63, 3.8) is 0 Å². The zero-order valence-electron chi connectivity index (χ0n) is 15.5. The van der Waals surface area contributed by atoms with Crippen LogP contribution in [0.1, 0.15) is 99.8 Å². The summed E-state index contributed by atoms with van der Waals surface area (Å²) >= 11 is 0. The number of rotatable bonds is 12. The summed E-state index contributed by atoms with van der Waals surface area (Å²) in [7, 11) is 0. The van der Waals surface area contributed by atoms with Crippen molar-refractivity contribution in [3.8, 4) is 0 Å². The van der Waals surface area contributed by atoms with E-state index < -0.39 is 0 Å². The van der Waals surface area contributed by atoms with Crippen molar-refractivity contribution < 1.29 is 0 Å². The average molecular weight is 284 g/mol. The van der Waals surface area contributed by atoms with Crippen LogP contribution in [-0.2, 0) is 0 Å². The number of unbranched alkanes of at least 4 members (excludes halogenated alkanes) is 3. The molecule has 0 radical (unpaired) electrons. The van der Waals surface area contributed by atoms with Gasteiger partial charge in [0.1, 0.15) is 0 Å². The molecule has 0 N–H and O–H groups in total. The van der Waals surface area contributed by atoms with E-state index in [2.05, 4.69) is 53.4 Å². The Morgan fingerprint density at radius 2 is 1.25 bits per heavy atom. The van der Waals surface area contributed by atoms with Crippen LogP contribution in [0.25, 0.3) is 0 Å². The summed E-state index contributed by atoms with van der Waals surface area (Å²) in [6, 6.07) is 1.34. The fraction of sp³-hybridized carbons (Fsp3) is 1.00. The number of hydrogen-bond donors (Lipinski definition) is 0. The molecule has 1 unspecified atom stereocenters. The van der Waals surface area contributed by atoms with Crippen LogP contribution >= 0.6 is 0 Å². The van der Waals surface area contributed by atoms with Crippen molar-refractivity contribution >= 4 is 0 Å². The zero-order valence-corrected chi connectivity index (χ0v) is 15.5. The molecule has 0 saturated carbocycles. The SMILES string of the molecule is CCCCCC(C)(CCCC)CCN(C(C)C)C(C)C. The highest BCUT2D eigenvalue weighted by molar-refractivity contribution is 4.78. The standard InChI is InChI=1S/C19H41N/c1-8-10-12-14-19(7,13-11-9-2)15-16-20(17(3)4)18(5)6/h17-18H,8-16H2,1-7H3. The van der Waals surface area contributed by atoms with Gasteiger partial charge in [-0.1, -0.05) is 52.9 Å². The summed E-state index contributed by atoms with van der Waals surface area (Å²) in [4.78, 5) is 2.66. The molecule has 0 bridgehead atoms. The van der Waals surface area contributed by atoms with E-state index in [-0.39, 0.29) is 0 Å². The van der Waals surface area contributed by atoms with Gasteiger partial charge in [-0.15, -0.1) is 0 Å². The molecule has 1 heteroatoms. The highest BCUT2D eigenvalue weighted by Gasteiger charge is 2.25. The van der Waals surface area contributed by atoms with Crippen molar-refractivity contribution in [1.29, 1.82) is 0 Å². The summed E-state index contributed by atoms with van der Waals surface area (Å²) in [5, 5.41) is 0. The van der Waals surface area contributed by atoms with Gasteiger partial charge in [0.2, 0.25) is 0 Å². The van der Waals surface area contributed by atoms with Crippen LogP contribution in [0.5, 0.6) is 0 Å². The highest BCUT2D eigenvalue weighted by Crippen LogP contribution is 2.35. The minimum atomic E-state index is 0.563. The van der Waals surface area contributed by atoms with E-state index in [1.807, 2.05) is 0 Å². The first-order chi connectivity index (χ1) is 9.36. The first-order valence-electron chi connectivity index (χ1n) is 9.12. The van der Waals surface area contributed by atoms with Gasteiger partial charge in [0.25, 0.3) is 0 Å². The smallest absolute Gasteiger partial charge is 0.00412 e. The minimum absolute atomic E-state index is 0.563. The average Bonchev–Trinajstić information content (AvgIpc) is 2.36. The van der Waals surface area contributed by atoms with Gasteiger partial charge in [-0.25, -0.2) is 0 Å². The Morgan fingerprint density at radius 1 is 0.750 bits per heavy atom. The maximum Gasteiger partial charge on any atom is 0.00412 e. The van der Waals surface area contributed by atoms with Crippen molar-refractivity contribution in [1.82, 2.24) is 4.90 Å². The molecule has 0 spiro atoms. The van der Waals surface area contributed by atoms with Crippen LogP contribution in [0.3, 0.4) is 0 Å². The van der Waals surface area contributed by atoms with Crippen molar-refractivity contribution in [2.75, 3.05) is 6.54 Å². The maximum atomic E-state index is 2.66. The fourth-order valence-corrected chi connectivity index (χ4v) is 3.29. The van der Waals surface area contributed by atoms with Crippen LogP contribution in [0.4, 0.5) is 0 Å². The molecule has 0 aromatic heterocycles. The van der Waals surface area contributed by atoms with Crippen LogP contribution in [0, 0.1) is 5.41 Å². The topological polar surface area (TPSA) is 3.24 Å². The molecule has 0 aliphatic rings. The van der Waals surface area contributed by atoms with Crippen molar-refractivity contribution in [3.05, 3.63) is 0 Å². The number of hydrogen-bond acceptors (Lipinski definition) is 1. The Labute approximate surface area is 129 Å². The Bertz CT molecular complexity index is 214. The molecule has 1 atom stereocenters. The molecule has 0 heterocycles. The molecule has 0 aromatic rings. The summed E-state index contributed by atoms with van der Waals surface area (Å²) in [5.74, 6) is 0. The molecule has 20 heavy (non-hydrogen) atoms. The lowest BCUT2D eigenvalue weighted by atomic mass is 9.77. The van der Waals surface area contributed by atoms with Gasteiger partial charge in [0.15, 0.2) is 0 Å². The first kappa shape index (κ1) is 20.0. The lowest BCUT2D eigenvalue weighted by molar-refractivity contribution is 0.128. The summed E-state index contributed by atoms with van der Waals surface area (Å²) in [6.07, 6.45) is 11.1. The van der Waals surface area contributed by atoms with Gasteiger partial charge in [0, 0.05) is 12.1 Å². The Hall–Kier alpha value is -0.0400. The quantitative estimate of drug-likeness (QED) is 0.381. The van der Waals surface area contributed by atoms with Crippen LogP contribution in [0.2, 0.25) is 0 Å². The summed E-state index contributed by atoms with van der Waals surface area (Å²) in [6.45, 7) is 17.8. The maximum absolute atomic E-state index is 2.66. The molecular formula is C19H41N. The van der Waals surface area contributed by atoms with E-state index in [1.165, 1.54) is 57.9 Å². The fourth-order valence-electron chi connectivity index (χ4n) is 3.29. The van der Waals surface area contributed by atoms with Crippen molar-refractivity contribution in [2.45, 2.75) is 112 Å². The molecule has 1 nitrogen and oxygen atoms in total. The van der Waals surface area contributed by atoms with Crippen LogP contribution in [0.15, 0.2) is 0 Å². The largest absolute Gasteiger partial charge is 0.299 e. The minimum Gasteiger partial charge on any atom is -0.299 e. The van der Waals surface area contributed by atoms with Gasteiger partial charge in [0.05, 0.1) is 0 Å². The van der Waals surface area contributed by atoms with Gasteiger partial charge >= 0.3 is 0 Å². The lowest BCUT2D eigenvalue weighted by Gasteiger charge is -2.36. The third-order valence-electron chi connectivity index (χ3n) is 4.82. The first-order valence-corrected chi connectivity index (χ1v) is 9.12. The van der Waals surface area contributed by atoms with E-state index >= 15 is 0 Å². The summed E-state index contributed by atoms with van der Waals surface area (Å²) in [5.41, 5.74) is 0.563. The van der Waals surface area contributed by atoms with E-state index in [1.54, 1.807) is 0 Å². The molecule has 0 fully saturated rings. The Morgan fingerprint density at radius 3 is 1.70 bits per heavy atom. The van der Waals surface area contributed by atoms with Crippen LogP contribution in [-0.4, -0.2) is 23.5 Å². The summed E-state index contributed by atoms with van der Waals surface area (Å²) < 4.78 is 0. The Balaban J connectivity index is 4.45. The number of nitrogens with zero attached hydrogens (tertiary/aromatic N) is 1. The van der Waals surface area contributed by atoms with Crippen molar-refractivity contribution in [2.24, 2.45) is 5.41 Å². The second-order valence-electron chi connectivity index (χ2n) is 7.55. The predicted molar refractivity (Wildman–Crippen MR) is 93.4 cm³/mol. The Kier molecular flexibility index (Phi) is 10.6. The second kappa shape index (κ2) is 10.7. The molecule has 122 valence electrons. The second-order valence-corrected chi connectivity index (χ2v) is 7.55. The lowest BCUT2D eigenvalue weighted by Crippen LogP contribution is -2.39. The van der Waals surface area contributed by atoms with E-state index in [0.29, 0.717) is 17.5 Å². The normalized spacial score (nSPS) is 15.3. The van der Waals surface area contributed by atoms with E-state index in [4.69, 9.17) is 0 Å². The molecule has 0 amide bonds. The molecule has 0 aliphatic carbocycles. The third kappa shape index (κ3) is 8.29. The highest BCUT2D eigenvalue weighted by atomic mass is 15.2. The van der Waals surface area contributed by atoms with E-state index in [0.717, 1.165) is 0 Å². The van der Waals surface area contributed by atoms with Gasteiger partial charge in [-0.05, 0) is 58.9 Å². The monoisotopic (exact) mass is 283 g/mol. The van der Waals surface area contributed by atoms with Gasteiger partial charge in [-0.2, -0.15) is 0 Å². The molecule has 0 saturated heterocycles. The van der Waals surface area contributed by atoms with Gasteiger partial charge in [-0.3, -0.25) is 4.90 Å².